The molecule has 6 nitrogen and oxygen atoms in total. The maximum absolute atomic E-state index is 11.1. The SMILES string of the molecule is CCOC(=O)CCNCC(O)COCCc1scnc1C. The average Bonchev–Trinajstić information content (AvgIpc) is 2.86. The van der Waals surface area contributed by atoms with Crippen molar-refractivity contribution in [2.75, 3.05) is 32.9 Å². The number of carbonyl (C=O) groups is 1. The van der Waals surface area contributed by atoms with Crippen LogP contribution in [-0.4, -0.2) is 55.1 Å². The van der Waals surface area contributed by atoms with Crippen LogP contribution >= 0.6 is 11.3 Å². The summed E-state index contributed by atoms with van der Waals surface area (Å²) in [6, 6.07) is 0. The molecule has 0 bridgehead atoms. The van der Waals surface area contributed by atoms with Crippen LogP contribution in [0.2, 0.25) is 0 Å². The number of aliphatic hydroxyl groups excluding tert-OH is 1. The molecule has 1 rings (SSSR count). The Kier molecular flexibility index (Phi) is 9.16. The zero-order valence-corrected chi connectivity index (χ0v) is 13.4. The van der Waals surface area contributed by atoms with Crippen molar-refractivity contribution >= 4 is 17.3 Å². The van der Waals surface area contributed by atoms with Gasteiger partial charge in [-0.3, -0.25) is 4.79 Å². The van der Waals surface area contributed by atoms with Gasteiger partial charge in [-0.25, -0.2) is 4.98 Å². The Morgan fingerprint density at radius 3 is 3.05 bits per heavy atom. The number of aryl methyl sites for hydroxylation is 1. The summed E-state index contributed by atoms with van der Waals surface area (Å²) in [7, 11) is 0. The van der Waals surface area contributed by atoms with Crippen LogP contribution in [0.3, 0.4) is 0 Å². The number of aromatic nitrogens is 1. The monoisotopic (exact) mass is 316 g/mol. The first-order chi connectivity index (χ1) is 10.1. The number of nitrogens with one attached hydrogen (secondary N) is 1. The first kappa shape index (κ1) is 18.0. The van der Waals surface area contributed by atoms with Crippen molar-refractivity contribution < 1.29 is 19.4 Å². The standard InChI is InChI=1S/C14H24N2O4S/c1-3-20-14(18)4-6-15-8-12(17)9-19-7-5-13-11(2)16-10-21-13/h10,12,15,17H,3-9H2,1-2H3. The molecule has 0 aliphatic rings. The van der Waals surface area contributed by atoms with E-state index >= 15 is 0 Å². The summed E-state index contributed by atoms with van der Waals surface area (Å²) >= 11 is 1.62. The maximum atomic E-state index is 11.1. The van der Waals surface area contributed by atoms with Crippen LogP contribution in [0.4, 0.5) is 0 Å². The highest BCUT2D eigenvalue weighted by molar-refractivity contribution is 7.09. The normalized spacial score (nSPS) is 12.3. The number of nitrogens with zero attached hydrogens (tertiary/aromatic N) is 1. The van der Waals surface area contributed by atoms with Crippen LogP contribution in [0.5, 0.6) is 0 Å². The number of aliphatic hydroxyl groups is 1. The molecule has 1 atom stereocenters. The van der Waals surface area contributed by atoms with Crippen LogP contribution in [0.1, 0.15) is 23.9 Å². The van der Waals surface area contributed by atoms with Gasteiger partial charge in [0.2, 0.25) is 0 Å². The van der Waals surface area contributed by atoms with Crippen LogP contribution in [0.15, 0.2) is 5.51 Å². The molecular weight excluding hydrogens is 292 g/mol. The Morgan fingerprint density at radius 2 is 2.38 bits per heavy atom. The van der Waals surface area contributed by atoms with Crippen molar-refractivity contribution in [3.63, 3.8) is 0 Å². The van der Waals surface area contributed by atoms with E-state index in [1.54, 1.807) is 18.3 Å². The summed E-state index contributed by atoms with van der Waals surface area (Å²) in [6.45, 7) is 5.91. The molecule has 120 valence electrons. The Labute approximate surface area is 129 Å². The third-order valence-electron chi connectivity index (χ3n) is 2.82. The van der Waals surface area contributed by atoms with Crippen molar-refractivity contribution in [3.05, 3.63) is 16.1 Å². The fourth-order valence-corrected chi connectivity index (χ4v) is 2.46. The van der Waals surface area contributed by atoms with E-state index in [1.807, 2.05) is 12.4 Å². The number of esters is 1. The molecule has 2 N–H and O–H groups in total. The molecule has 0 fully saturated rings. The van der Waals surface area contributed by atoms with Gasteiger partial charge >= 0.3 is 5.97 Å². The van der Waals surface area contributed by atoms with Gasteiger partial charge in [-0.05, 0) is 13.8 Å². The summed E-state index contributed by atoms with van der Waals surface area (Å²) in [4.78, 5) is 16.5. The Morgan fingerprint density at radius 1 is 1.57 bits per heavy atom. The molecule has 1 aromatic heterocycles. The lowest BCUT2D eigenvalue weighted by atomic mass is 10.3. The van der Waals surface area contributed by atoms with Gasteiger partial charge in [-0.1, -0.05) is 0 Å². The summed E-state index contributed by atoms with van der Waals surface area (Å²) < 4.78 is 10.2. The van der Waals surface area contributed by atoms with Crippen LogP contribution in [0.25, 0.3) is 0 Å². The second-order valence-corrected chi connectivity index (χ2v) is 5.54. The lowest BCUT2D eigenvalue weighted by Gasteiger charge is -2.12. The molecule has 1 unspecified atom stereocenters. The van der Waals surface area contributed by atoms with Gasteiger partial charge in [0.05, 0.1) is 43.5 Å². The minimum atomic E-state index is -0.574. The van der Waals surface area contributed by atoms with Gasteiger partial charge in [0.25, 0.3) is 0 Å². The van der Waals surface area contributed by atoms with E-state index in [-0.39, 0.29) is 12.6 Å². The largest absolute Gasteiger partial charge is 0.466 e. The predicted octanol–water partition coefficient (Wildman–Crippen LogP) is 0.914. The summed E-state index contributed by atoms with van der Waals surface area (Å²) in [5.41, 5.74) is 2.87. The zero-order chi connectivity index (χ0) is 15.5. The number of ether oxygens (including phenoxy) is 2. The zero-order valence-electron chi connectivity index (χ0n) is 12.6. The Hall–Kier alpha value is -1.02. The lowest BCUT2D eigenvalue weighted by Crippen LogP contribution is -2.32. The van der Waals surface area contributed by atoms with Gasteiger partial charge in [-0.2, -0.15) is 0 Å². The maximum Gasteiger partial charge on any atom is 0.307 e. The van der Waals surface area contributed by atoms with E-state index in [9.17, 15) is 9.90 Å². The molecule has 0 saturated carbocycles. The second kappa shape index (κ2) is 10.7. The highest BCUT2D eigenvalue weighted by Gasteiger charge is 2.06. The van der Waals surface area contributed by atoms with E-state index in [0.29, 0.717) is 32.7 Å². The Balaban J connectivity index is 1.97. The van der Waals surface area contributed by atoms with E-state index in [1.165, 1.54) is 4.88 Å². The lowest BCUT2D eigenvalue weighted by molar-refractivity contribution is -0.143. The Bertz CT molecular complexity index is 411. The third-order valence-corrected chi connectivity index (χ3v) is 3.81. The number of rotatable bonds is 11. The molecule has 0 radical (unpaired) electrons. The van der Waals surface area contributed by atoms with E-state index in [4.69, 9.17) is 9.47 Å². The molecule has 7 heteroatoms. The van der Waals surface area contributed by atoms with Crippen LogP contribution in [-0.2, 0) is 20.7 Å². The number of thiazole rings is 1. The first-order valence-electron chi connectivity index (χ1n) is 7.14. The van der Waals surface area contributed by atoms with Gasteiger partial charge in [0, 0.05) is 24.4 Å². The van der Waals surface area contributed by atoms with Gasteiger partial charge in [0.1, 0.15) is 0 Å². The molecule has 1 aromatic rings. The predicted molar refractivity (Wildman–Crippen MR) is 81.5 cm³/mol. The molecule has 0 spiro atoms. The quantitative estimate of drug-likeness (QED) is 0.467. The molecule has 0 aromatic carbocycles. The van der Waals surface area contributed by atoms with Gasteiger partial charge in [-0.15, -0.1) is 11.3 Å². The van der Waals surface area contributed by atoms with E-state index in [0.717, 1.165) is 12.1 Å². The van der Waals surface area contributed by atoms with Crippen molar-refractivity contribution in [2.24, 2.45) is 0 Å². The number of hydrogen-bond donors (Lipinski definition) is 2. The molecule has 0 saturated heterocycles. The summed E-state index contributed by atoms with van der Waals surface area (Å²) in [6.07, 6.45) is 0.556. The van der Waals surface area contributed by atoms with Gasteiger partial charge in [0.15, 0.2) is 0 Å². The molecule has 1 heterocycles. The van der Waals surface area contributed by atoms with E-state index in [2.05, 4.69) is 10.3 Å². The topological polar surface area (TPSA) is 80.7 Å². The summed E-state index contributed by atoms with van der Waals surface area (Å²) in [5.74, 6) is -0.226. The van der Waals surface area contributed by atoms with Crippen LogP contribution < -0.4 is 5.32 Å². The van der Waals surface area contributed by atoms with Crippen molar-refractivity contribution in [2.45, 2.75) is 32.8 Å². The highest BCUT2D eigenvalue weighted by Crippen LogP contribution is 2.12. The van der Waals surface area contributed by atoms with Crippen molar-refractivity contribution in [1.29, 1.82) is 0 Å². The fraction of sp³-hybridized carbons (Fsp3) is 0.714. The minimum absolute atomic E-state index is 0.226. The molecule has 0 amide bonds. The third kappa shape index (κ3) is 8.11. The fourth-order valence-electron chi connectivity index (χ4n) is 1.70. The molecular formula is C14H24N2O4S. The average molecular weight is 316 g/mol. The highest BCUT2D eigenvalue weighted by atomic mass is 32.1. The second-order valence-electron chi connectivity index (χ2n) is 4.60. The number of hydrogen-bond acceptors (Lipinski definition) is 7. The first-order valence-corrected chi connectivity index (χ1v) is 8.02. The summed E-state index contributed by atoms with van der Waals surface area (Å²) in [5, 5.41) is 12.7. The van der Waals surface area contributed by atoms with Gasteiger partial charge < -0.3 is 19.9 Å². The number of carbonyl (C=O) groups excluding carboxylic acids is 1. The minimum Gasteiger partial charge on any atom is -0.466 e. The molecule has 0 aliphatic heterocycles. The molecule has 0 aliphatic carbocycles. The smallest absolute Gasteiger partial charge is 0.307 e. The van der Waals surface area contributed by atoms with Crippen LogP contribution in [0, 0.1) is 6.92 Å². The van der Waals surface area contributed by atoms with E-state index < -0.39 is 6.10 Å². The van der Waals surface area contributed by atoms with Crippen molar-refractivity contribution in [3.8, 4) is 0 Å². The molecule has 21 heavy (non-hydrogen) atoms. The van der Waals surface area contributed by atoms with Crippen molar-refractivity contribution in [1.82, 2.24) is 10.3 Å².